The fourth-order valence-electron chi connectivity index (χ4n) is 2.76. The average Bonchev–Trinajstić information content (AvgIpc) is 3.10. The molecule has 1 aliphatic carbocycles. The lowest BCUT2D eigenvalue weighted by molar-refractivity contribution is -0.417. The zero-order valence-electron chi connectivity index (χ0n) is 13.2. The van der Waals surface area contributed by atoms with Crippen LogP contribution >= 0.6 is 0 Å². The standard InChI is InChI=1S/C17H15N3O5/c21-20(22)13-4-2-1-3-12(13)16-10-18-17(25-16)19-11-5-6-14-15(9-11)24-8-7-23-14/h3-6,9-10H,1-2,7-8H2,(H,18,19). The number of aromatic nitrogens is 1. The van der Waals surface area contributed by atoms with Crippen molar-refractivity contribution in [3.8, 4) is 11.5 Å². The number of hydrogen-bond donors (Lipinski definition) is 1. The summed E-state index contributed by atoms with van der Waals surface area (Å²) < 4.78 is 16.7. The van der Waals surface area contributed by atoms with Gasteiger partial charge in [0.05, 0.1) is 16.7 Å². The van der Waals surface area contributed by atoms with Crippen molar-refractivity contribution in [2.24, 2.45) is 0 Å². The van der Waals surface area contributed by atoms with E-state index in [-0.39, 0.29) is 11.7 Å². The second-order valence-electron chi connectivity index (χ2n) is 5.55. The highest BCUT2D eigenvalue weighted by Crippen LogP contribution is 2.34. The van der Waals surface area contributed by atoms with Crippen LogP contribution in [0.15, 0.2) is 46.7 Å². The van der Waals surface area contributed by atoms with Crippen LogP contribution in [0.3, 0.4) is 0 Å². The van der Waals surface area contributed by atoms with Gasteiger partial charge in [-0.15, -0.1) is 0 Å². The molecule has 0 fully saturated rings. The van der Waals surface area contributed by atoms with Crippen molar-refractivity contribution in [1.82, 2.24) is 4.98 Å². The SMILES string of the molecule is O=[N+]([O-])C1=CCCC=C1c1cnc(Nc2ccc3c(c2)OCCO3)o1. The van der Waals surface area contributed by atoms with Crippen molar-refractivity contribution in [1.29, 1.82) is 0 Å². The minimum absolute atomic E-state index is 0.0493. The van der Waals surface area contributed by atoms with Crippen LogP contribution in [0.2, 0.25) is 0 Å². The van der Waals surface area contributed by atoms with E-state index in [1.54, 1.807) is 24.3 Å². The molecule has 0 unspecified atom stereocenters. The van der Waals surface area contributed by atoms with Crippen LogP contribution in [0.25, 0.3) is 5.57 Å². The Hall–Kier alpha value is -3.29. The molecule has 1 aliphatic heterocycles. The van der Waals surface area contributed by atoms with E-state index in [0.717, 1.165) is 12.1 Å². The molecular formula is C17H15N3O5. The summed E-state index contributed by atoms with van der Waals surface area (Å²) in [6.07, 6.45) is 6.27. The lowest BCUT2D eigenvalue weighted by Gasteiger charge is -2.18. The number of nitrogens with one attached hydrogen (secondary N) is 1. The highest BCUT2D eigenvalue weighted by atomic mass is 16.6. The Kier molecular flexibility index (Phi) is 3.85. The number of benzene rings is 1. The molecule has 0 atom stereocenters. The Labute approximate surface area is 142 Å². The quantitative estimate of drug-likeness (QED) is 0.670. The van der Waals surface area contributed by atoms with E-state index in [2.05, 4.69) is 10.3 Å². The van der Waals surface area contributed by atoms with Crippen molar-refractivity contribution < 1.29 is 18.8 Å². The highest BCUT2D eigenvalue weighted by molar-refractivity contribution is 5.75. The summed E-state index contributed by atoms with van der Waals surface area (Å²) in [6, 6.07) is 5.67. The molecule has 25 heavy (non-hydrogen) atoms. The molecule has 0 spiro atoms. The molecule has 0 amide bonds. The van der Waals surface area contributed by atoms with Crippen LogP contribution in [0, 0.1) is 10.1 Å². The summed E-state index contributed by atoms with van der Waals surface area (Å²) in [6.45, 7) is 1.04. The van der Waals surface area contributed by atoms with Gasteiger partial charge in [0.15, 0.2) is 17.3 Å². The van der Waals surface area contributed by atoms with Crippen LogP contribution in [0.1, 0.15) is 18.6 Å². The third-order valence-electron chi connectivity index (χ3n) is 3.89. The Morgan fingerprint density at radius 2 is 1.92 bits per heavy atom. The average molecular weight is 341 g/mol. The van der Waals surface area contributed by atoms with Crippen LogP contribution in [0.4, 0.5) is 11.7 Å². The Morgan fingerprint density at radius 3 is 2.76 bits per heavy atom. The first kappa shape index (κ1) is 15.3. The Morgan fingerprint density at radius 1 is 1.12 bits per heavy atom. The van der Waals surface area contributed by atoms with Crippen molar-refractivity contribution in [2.45, 2.75) is 12.8 Å². The molecule has 2 aliphatic rings. The molecule has 0 radical (unpaired) electrons. The molecule has 1 aromatic carbocycles. The molecule has 2 aromatic rings. The zero-order chi connectivity index (χ0) is 17.2. The lowest BCUT2D eigenvalue weighted by atomic mass is 10.0. The smallest absolute Gasteiger partial charge is 0.299 e. The summed E-state index contributed by atoms with van der Waals surface area (Å²) in [4.78, 5) is 14.9. The van der Waals surface area contributed by atoms with Gasteiger partial charge in [-0.1, -0.05) is 6.08 Å². The van der Waals surface area contributed by atoms with Gasteiger partial charge < -0.3 is 19.2 Å². The Balaban J connectivity index is 1.55. The summed E-state index contributed by atoms with van der Waals surface area (Å²) in [5, 5.41) is 14.2. The third-order valence-corrected chi connectivity index (χ3v) is 3.89. The predicted octanol–water partition coefficient (Wildman–Crippen LogP) is 3.53. The lowest BCUT2D eigenvalue weighted by Crippen LogP contribution is -2.15. The highest BCUT2D eigenvalue weighted by Gasteiger charge is 2.24. The second kappa shape index (κ2) is 6.31. The van der Waals surface area contributed by atoms with Gasteiger partial charge in [-0.2, -0.15) is 0 Å². The van der Waals surface area contributed by atoms with E-state index < -0.39 is 4.92 Å². The van der Waals surface area contributed by atoms with Gasteiger partial charge in [0.1, 0.15) is 13.2 Å². The van der Waals surface area contributed by atoms with Crippen LogP contribution < -0.4 is 14.8 Å². The monoisotopic (exact) mass is 341 g/mol. The summed E-state index contributed by atoms with van der Waals surface area (Å²) in [7, 11) is 0. The van der Waals surface area contributed by atoms with Gasteiger partial charge in [-0.05, 0) is 31.1 Å². The van der Waals surface area contributed by atoms with Crippen LogP contribution in [-0.4, -0.2) is 23.1 Å². The molecule has 0 bridgehead atoms. The first-order valence-electron chi connectivity index (χ1n) is 7.88. The Bertz CT molecular complexity index is 884. The molecule has 0 saturated carbocycles. The van der Waals surface area contributed by atoms with Gasteiger partial charge in [-0.3, -0.25) is 10.1 Å². The number of hydrogen-bond acceptors (Lipinski definition) is 7. The fraction of sp³-hybridized carbons (Fsp3) is 0.235. The molecule has 8 heteroatoms. The van der Waals surface area contributed by atoms with Gasteiger partial charge >= 0.3 is 0 Å². The number of nitro groups is 1. The maximum atomic E-state index is 11.2. The summed E-state index contributed by atoms with van der Waals surface area (Å²) in [5.41, 5.74) is 1.23. The molecule has 4 rings (SSSR count). The van der Waals surface area contributed by atoms with E-state index in [9.17, 15) is 10.1 Å². The molecule has 128 valence electrons. The number of fused-ring (bicyclic) bond motifs is 1. The van der Waals surface area contributed by atoms with Gasteiger partial charge in [0, 0.05) is 11.8 Å². The molecule has 1 N–H and O–H groups in total. The maximum Gasteiger partial charge on any atom is 0.299 e. The van der Waals surface area contributed by atoms with E-state index >= 15 is 0 Å². The van der Waals surface area contributed by atoms with E-state index in [1.165, 1.54) is 6.20 Å². The zero-order valence-corrected chi connectivity index (χ0v) is 13.2. The van der Waals surface area contributed by atoms with E-state index in [4.69, 9.17) is 13.9 Å². The number of anilines is 2. The van der Waals surface area contributed by atoms with Crippen molar-refractivity contribution in [3.05, 3.63) is 58.1 Å². The molecule has 1 aromatic heterocycles. The molecule has 2 heterocycles. The molecule has 0 saturated heterocycles. The molecular weight excluding hydrogens is 326 g/mol. The third kappa shape index (κ3) is 3.06. The minimum Gasteiger partial charge on any atom is -0.486 e. The minimum atomic E-state index is -0.401. The molecule has 8 nitrogen and oxygen atoms in total. The summed E-state index contributed by atoms with van der Waals surface area (Å²) in [5.74, 6) is 1.71. The number of rotatable bonds is 4. The van der Waals surface area contributed by atoms with Crippen LogP contribution in [-0.2, 0) is 0 Å². The van der Waals surface area contributed by atoms with Crippen molar-refractivity contribution in [3.63, 3.8) is 0 Å². The van der Waals surface area contributed by atoms with Gasteiger partial charge in [0.2, 0.25) is 0 Å². The first-order valence-corrected chi connectivity index (χ1v) is 7.88. The number of nitrogens with zero attached hydrogens (tertiary/aromatic N) is 2. The van der Waals surface area contributed by atoms with Crippen LogP contribution in [0.5, 0.6) is 11.5 Å². The van der Waals surface area contributed by atoms with Gasteiger partial charge in [-0.25, -0.2) is 4.98 Å². The maximum absolute atomic E-state index is 11.2. The first-order chi connectivity index (χ1) is 12.2. The number of oxazole rings is 1. The number of ether oxygens (including phenoxy) is 2. The fourth-order valence-corrected chi connectivity index (χ4v) is 2.76. The predicted molar refractivity (Wildman–Crippen MR) is 89.5 cm³/mol. The topological polar surface area (TPSA) is 99.7 Å². The summed E-state index contributed by atoms with van der Waals surface area (Å²) >= 11 is 0. The van der Waals surface area contributed by atoms with Crippen molar-refractivity contribution in [2.75, 3.05) is 18.5 Å². The van der Waals surface area contributed by atoms with E-state index in [0.29, 0.717) is 42.5 Å². The van der Waals surface area contributed by atoms with E-state index in [1.807, 2.05) is 6.07 Å². The number of allylic oxidation sites excluding steroid dienone is 3. The van der Waals surface area contributed by atoms with Gasteiger partial charge in [0.25, 0.3) is 11.7 Å². The largest absolute Gasteiger partial charge is 0.486 e. The second-order valence-corrected chi connectivity index (χ2v) is 5.55. The normalized spacial score (nSPS) is 16.0. The van der Waals surface area contributed by atoms with Crippen molar-refractivity contribution >= 4 is 17.3 Å².